The van der Waals surface area contributed by atoms with Crippen LogP contribution in [-0.2, 0) is 14.3 Å². The third kappa shape index (κ3) is 47.6. The molecule has 0 saturated heterocycles. The number of ether oxygens (including phenoxy) is 1. The minimum absolute atomic E-state index is 0.0190. The molecule has 62 heavy (non-hydrogen) atoms. The smallest absolute Gasteiger partial charge is 0.305 e. The maximum atomic E-state index is 12.4. The minimum atomic E-state index is -0.857. The highest BCUT2D eigenvalue weighted by molar-refractivity contribution is 5.76. The molecule has 0 fully saturated rings. The molecule has 0 saturated carbocycles. The van der Waals surface area contributed by atoms with E-state index in [2.05, 4.69) is 43.5 Å². The van der Waals surface area contributed by atoms with Crippen molar-refractivity contribution in [3.8, 4) is 0 Å². The molecule has 0 aliphatic carbocycles. The lowest BCUT2D eigenvalue weighted by molar-refractivity contribution is -0.143. The highest BCUT2D eigenvalue weighted by Crippen LogP contribution is 2.16. The van der Waals surface area contributed by atoms with Gasteiger partial charge >= 0.3 is 5.97 Å². The molecule has 0 radical (unpaired) electrons. The maximum Gasteiger partial charge on any atom is 0.305 e. The second-order valence-corrected chi connectivity index (χ2v) is 18.6. The van der Waals surface area contributed by atoms with Crippen molar-refractivity contribution in [1.29, 1.82) is 0 Å². The predicted molar refractivity (Wildman–Crippen MR) is 269 cm³/mol. The Morgan fingerprint density at radius 2 is 0.790 bits per heavy atom. The number of hydrogen-bond acceptors (Lipinski definition) is 5. The van der Waals surface area contributed by atoms with Gasteiger partial charge in [-0.2, -0.15) is 0 Å². The van der Waals surface area contributed by atoms with Gasteiger partial charge in [-0.25, -0.2) is 0 Å². The van der Waals surface area contributed by atoms with E-state index in [0.717, 1.165) is 77.0 Å². The Balaban J connectivity index is 3.51. The molecule has 1 amide bonds. The number of hydrogen-bond donors (Lipinski definition) is 3. The van der Waals surface area contributed by atoms with Crippen LogP contribution in [0.15, 0.2) is 36.5 Å². The summed E-state index contributed by atoms with van der Waals surface area (Å²) in [6, 6.07) is -0.643. The van der Waals surface area contributed by atoms with Crippen LogP contribution in [0.5, 0.6) is 0 Å². The molecule has 0 aromatic carbocycles. The molecule has 0 aliphatic heterocycles. The van der Waals surface area contributed by atoms with E-state index in [1.165, 1.54) is 180 Å². The number of esters is 1. The van der Waals surface area contributed by atoms with E-state index < -0.39 is 12.1 Å². The lowest BCUT2D eigenvalue weighted by Crippen LogP contribution is -2.45. The number of aliphatic hydroxyl groups excluding tert-OH is 2. The van der Waals surface area contributed by atoms with Crippen LogP contribution in [0.25, 0.3) is 0 Å². The molecule has 6 nitrogen and oxygen atoms in total. The van der Waals surface area contributed by atoms with Crippen molar-refractivity contribution in [1.82, 2.24) is 5.32 Å². The first-order chi connectivity index (χ1) is 30.5. The van der Waals surface area contributed by atoms with Crippen molar-refractivity contribution in [3.05, 3.63) is 36.5 Å². The third-order valence-electron chi connectivity index (χ3n) is 12.4. The van der Waals surface area contributed by atoms with Crippen molar-refractivity contribution in [2.75, 3.05) is 13.2 Å². The minimum Gasteiger partial charge on any atom is -0.466 e. The molecule has 3 N–H and O–H groups in total. The Hall–Kier alpha value is -1.92. The molecular weight excluding hydrogens is 767 g/mol. The molecular formula is C56H105NO5. The number of unbranched alkanes of at least 4 members (excludes halogenated alkanes) is 36. The van der Waals surface area contributed by atoms with Gasteiger partial charge in [0.25, 0.3) is 0 Å². The van der Waals surface area contributed by atoms with Gasteiger partial charge in [-0.3, -0.25) is 9.59 Å². The lowest BCUT2D eigenvalue weighted by Gasteiger charge is -2.20. The summed E-state index contributed by atoms with van der Waals surface area (Å²) in [5.74, 6) is -0.111. The number of nitrogens with one attached hydrogen (secondary N) is 1. The summed E-state index contributed by atoms with van der Waals surface area (Å²) in [5.41, 5.74) is 0. The summed E-state index contributed by atoms with van der Waals surface area (Å²) in [5, 5.41) is 23.0. The molecule has 0 rings (SSSR count). The molecule has 0 aromatic rings. The van der Waals surface area contributed by atoms with Gasteiger partial charge in [0.1, 0.15) is 0 Å². The van der Waals surface area contributed by atoms with Crippen molar-refractivity contribution < 1.29 is 24.5 Å². The van der Waals surface area contributed by atoms with E-state index in [1.807, 2.05) is 6.08 Å². The van der Waals surface area contributed by atoms with Gasteiger partial charge in [0.05, 0.1) is 25.4 Å². The Bertz CT molecular complexity index is 1010. The average Bonchev–Trinajstić information content (AvgIpc) is 3.27. The number of carbonyl (C=O) groups is 2. The summed E-state index contributed by atoms with van der Waals surface area (Å²) in [7, 11) is 0. The Morgan fingerprint density at radius 1 is 0.452 bits per heavy atom. The van der Waals surface area contributed by atoms with Crippen LogP contribution in [0.4, 0.5) is 0 Å². The van der Waals surface area contributed by atoms with Crippen LogP contribution in [0.1, 0.15) is 284 Å². The average molecular weight is 872 g/mol. The molecule has 0 heterocycles. The van der Waals surface area contributed by atoms with Crippen LogP contribution in [-0.4, -0.2) is 47.4 Å². The topological polar surface area (TPSA) is 95.9 Å². The Morgan fingerprint density at radius 3 is 1.19 bits per heavy atom. The Kier molecular flexibility index (Phi) is 50.1. The number of amides is 1. The zero-order valence-electron chi connectivity index (χ0n) is 41.4. The van der Waals surface area contributed by atoms with E-state index in [0.29, 0.717) is 19.4 Å². The molecule has 0 aliphatic rings. The molecule has 0 bridgehead atoms. The first kappa shape index (κ1) is 60.1. The van der Waals surface area contributed by atoms with Crippen LogP contribution < -0.4 is 5.32 Å². The van der Waals surface area contributed by atoms with Gasteiger partial charge in [-0.05, 0) is 64.2 Å². The van der Waals surface area contributed by atoms with Crippen LogP contribution in [0, 0.1) is 0 Å². The molecule has 364 valence electrons. The summed E-state index contributed by atoms with van der Waals surface area (Å²) in [6.07, 6.45) is 63.0. The summed E-state index contributed by atoms with van der Waals surface area (Å²) >= 11 is 0. The monoisotopic (exact) mass is 872 g/mol. The van der Waals surface area contributed by atoms with Gasteiger partial charge in [0.15, 0.2) is 0 Å². The number of rotatable bonds is 50. The van der Waals surface area contributed by atoms with E-state index in [9.17, 15) is 19.8 Å². The second kappa shape index (κ2) is 51.7. The second-order valence-electron chi connectivity index (χ2n) is 18.6. The van der Waals surface area contributed by atoms with E-state index in [-0.39, 0.29) is 18.5 Å². The zero-order chi connectivity index (χ0) is 45.1. The highest BCUT2D eigenvalue weighted by Gasteiger charge is 2.18. The maximum absolute atomic E-state index is 12.4. The van der Waals surface area contributed by atoms with Gasteiger partial charge in [-0.1, -0.05) is 243 Å². The number of aliphatic hydroxyl groups is 2. The predicted octanol–water partition coefficient (Wildman–Crippen LogP) is 16.5. The number of carbonyl (C=O) groups excluding carboxylic acids is 2. The number of allylic oxidation sites excluding steroid dienone is 5. The molecule has 0 spiro atoms. The fourth-order valence-electron chi connectivity index (χ4n) is 8.21. The zero-order valence-corrected chi connectivity index (χ0v) is 41.4. The van der Waals surface area contributed by atoms with Gasteiger partial charge < -0.3 is 20.3 Å². The molecule has 2 atom stereocenters. The van der Waals surface area contributed by atoms with Crippen molar-refractivity contribution >= 4 is 11.9 Å². The summed E-state index contributed by atoms with van der Waals surface area (Å²) in [6.45, 7) is 4.84. The Labute approximate surface area is 385 Å². The van der Waals surface area contributed by atoms with Crippen molar-refractivity contribution in [2.45, 2.75) is 296 Å². The van der Waals surface area contributed by atoms with Crippen molar-refractivity contribution in [2.24, 2.45) is 0 Å². The normalized spacial score (nSPS) is 12.9. The summed E-state index contributed by atoms with van der Waals surface area (Å²) < 4.78 is 5.46. The van der Waals surface area contributed by atoms with Crippen LogP contribution in [0.3, 0.4) is 0 Å². The molecule has 2 unspecified atom stereocenters. The fraction of sp³-hybridized carbons (Fsp3) is 0.857. The quantitative estimate of drug-likeness (QED) is 0.0245. The van der Waals surface area contributed by atoms with Gasteiger partial charge in [-0.15, -0.1) is 0 Å². The standard InChI is InChI=1S/C56H105NO5/c1-3-5-7-9-11-13-15-17-18-19-20-23-26-30-34-38-42-46-50-56(61)62-51-47-43-39-35-31-27-24-21-22-25-29-33-37-41-45-49-55(60)57-53(52-58)54(59)48-44-40-36-32-28-16-14-12-10-8-6-4-2/h21,24,27,31,44,48,53-54,58-59H,3-20,22-23,25-26,28-30,32-43,45-47,49-52H2,1-2H3,(H,57,60)/b24-21-,31-27-,48-44+. The third-order valence-corrected chi connectivity index (χ3v) is 12.4. The van der Waals surface area contributed by atoms with Gasteiger partial charge in [0.2, 0.25) is 5.91 Å². The first-order valence-electron chi connectivity index (χ1n) is 27.3. The summed E-state index contributed by atoms with van der Waals surface area (Å²) in [4.78, 5) is 24.5. The van der Waals surface area contributed by atoms with Gasteiger partial charge in [0, 0.05) is 12.8 Å². The van der Waals surface area contributed by atoms with E-state index in [1.54, 1.807) is 6.08 Å². The highest BCUT2D eigenvalue weighted by atomic mass is 16.5. The van der Waals surface area contributed by atoms with E-state index in [4.69, 9.17) is 4.74 Å². The largest absolute Gasteiger partial charge is 0.466 e. The first-order valence-corrected chi connectivity index (χ1v) is 27.3. The van der Waals surface area contributed by atoms with Crippen molar-refractivity contribution in [3.63, 3.8) is 0 Å². The lowest BCUT2D eigenvalue weighted by atomic mass is 10.0. The van der Waals surface area contributed by atoms with Crippen LogP contribution in [0.2, 0.25) is 0 Å². The SMILES string of the molecule is CCCCCCCCCCCC/C=C/C(O)C(CO)NC(=O)CCCCCCCC/C=C\C=C/CCCCCOC(=O)CCCCCCCCCCCCCCCCCCCC. The molecule has 6 heteroatoms. The van der Waals surface area contributed by atoms with Crippen LogP contribution >= 0.6 is 0 Å². The van der Waals surface area contributed by atoms with E-state index >= 15 is 0 Å². The molecule has 0 aromatic heterocycles. The fourth-order valence-corrected chi connectivity index (χ4v) is 8.21.